The van der Waals surface area contributed by atoms with Gasteiger partial charge in [0.1, 0.15) is 0 Å². The molecule has 0 bridgehead atoms. The smallest absolute Gasteiger partial charge is 0.251 e. The standard InChI is InChI=1S/C20H20F2N2OS/c1-3-5-16-19(17-6-4-9-26-17)18(20(23)25)12(2)24(16)11-13-7-8-14(21)15(22)10-13/h4,6-10H,3,5,11H2,1-2H3,(H2,23,25). The molecule has 1 amide bonds. The van der Waals surface area contributed by atoms with Gasteiger partial charge < -0.3 is 10.3 Å². The first-order chi connectivity index (χ1) is 12.4. The SMILES string of the molecule is CCCc1c(-c2cccs2)c(C(N)=O)c(C)n1Cc1ccc(F)c(F)c1. The second-order valence-electron chi connectivity index (χ2n) is 6.21. The van der Waals surface area contributed by atoms with Crippen LogP contribution in [-0.4, -0.2) is 10.5 Å². The number of hydrogen-bond acceptors (Lipinski definition) is 2. The van der Waals surface area contributed by atoms with Gasteiger partial charge in [0.05, 0.1) is 5.56 Å². The summed E-state index contributed by atoms with van der Waals surface area (Å²) in [5.41, 5.74) is 9.40. The number of nitrogens with zero attached hydrogens (tertiary/aromatic N) is 1. The number of hydrogen-bond donors (Lipinski definition) is 1. The molecule has 136 valence electrons. The van der Waals surface area contributed by atoms with Crippen LogP contribution in [0.15, 0.2) is 35.7 Å². The van der Waals surface area contributed by atoms with Crippen molar-refractivity contribution in [3.8, 4) is 10.4 Å². The molecule has 0 saturated heterocycles. The van der Waals surface area contributed by atoms with Gasteiger partial charge in [0, 0.05) is 28.4 Å². The maximum absolute atomic E-state index is 13.6. The van der Waals surface area contributed by atoms with E-state index in [9.17, 15) is 13.6 Å². The van der Waals surface area contributed by atoms with Gasteiger partial charge in [-0.3, -0.25) is 4.79 Å². The Bertz CT molecular complexity index is 945. The van der Waals surface area contributed by atoms with E-state index in [1.54, 1.807) is 17.4 Å². The molecule has 2 heterocycles. The van der Waals surface area contributed by atoms with Gasteiger partial charge in [-0.1, -0.05) is 25.5 Å². The third kappa shape index (κ3) is 3.29. The second-order valence-corrected chi connectivity index (χ2v) is 7.16. The number of carbonyl (C=O) groups excluding carboxylic acids is 1. The Kier molecular flexibility index (Phi) is 5.23. The van der Waals surface area contributed by atoms with Crippen LogP contribution in [0.2, 0.25) is 0 Å². The largest absolute Gasteiger partial charge is 0.366 e. The van der Waals surface area contributed by atoms with Crippen molar-refractivity contribution in [1.29, 1.82) is 0 Å². The molecule has 26 heavy (non-hydrogen) atoms. The average Bonchev–Trinajstić information content (AvgIpc) is 3.20. The maximum Gasteiger partial charge on any atom is 0.251 e. The van der Waals surface area contributed by atoms with Crippen molar-refractivity contribution in [1.82, 2.24) is 4.57 Å². The number of aromatic nitrogens is 1. The van der Waals surface area contributed by atoms with Crippen molar-refractivity contribution in [3.63, 3.8) is 0 Å². The molecular formula is C20H20F2N2OS. The van der Waals surface area contributed by atoms with Crippen LogP contribution in [0.4, 0.5) is 8.78 Å². The fraction of sp³-hybridized carbons (Fsp3) is 0.250. The van der Waals surface area contributed by atoms with Crippen LogP contribution in [0.5, 0.6) is 0 Å². The molecule has 2 aromatic heterocycles. The summed E-state index contributed by atoms with van der Waals surface area (Å²) in [4.78, 5) is 13.1. The first-order valence-electron chi connectivity index (χ1n) is 8.43. The van der Waals surface area contributed by atoms with Crippen molar-refractivity contribution in [2.45, 2.75) is 33.2 Å². The van der Waals surface area contributed by atoms with E-state index < -0.39 is 17.5 Å². The predicted molar refractivity (Wildman–Crippen MR) is 100 cm³/mol. The van der Waals surface area contributed by atoms with Gasteiger partial charge in [-0.25, -0.2) is 8.78 Å². The summed E-state index contributed by atoms with van der Waals surface area (Å²) < 4.78 is 28.8. The molecule has 0 aliphatic carbocycles. The molecule has 2 N–H and O–H groups in total. The Morgan fingerprint density at radius 1 is 1.23 bits per heavy atom. The van der Waals surface area contributed by atoms with E-state index in [-0.39, 0.29) is 0 Å². The third-order valence-electron chi connectivity index (χ3n) is 4.46. The zero-order valence-electron chi connectivity index (χ0n) is 14.7. The van der Waals surface area contributed by atoms with Gasteiger partial charge in [0.25, 0.3) is 5.91 Å². The summed E-state index contributed by atoms with van der Waals surface area (Å²) in [6.07, 6.45) is 1.64. The summed E-state index contributed by atoms with van der Waals surface area (Å²) in [6, 6.07) is 7.77. The molecule has 0 aliphatic rings. The van der Waals surface area contributed by atoms with Crippen LogP contribution in [0, 0.1) is 18.6 Å². The number of rotatable bonds is 6. The molecule has 0 fully saturated rings. The van der Waals surface area contributed by atoms with Gasteiger partial charge in [0.2, 0.25) is 0 Å². The van der Waals surface area contributed by atoms with Crippen LogP contribution >= 0.6 is 11.3 Å². The summed E-state index contributed by atoms with van der Waals surface area (Å²) in [5, 5.41) is 1.96. The Morgan fingerprint density at radius 3 is 2.58 bits per heavy atom. The lowest BCUT2D eigenvalue weighted by atomic mass is 10.0. The fourth-order valence-electron chi connectivity index (χ4n) is 3.32. The fourth-order valence-corrected chi connectivity index (χ4v) is 4.12. The Labute approximate surface area is 155 Å². The Balaban J connectivity index is 2.19. The predicted octanol–water partition coefficient (Wildman–Crippen LogP) is 4.90. The van der Waals surface area contributed by atoms with E-state index in [2.05, 4.69) is 6.92 Å². The van der Waals surface area contributed by atoms with Gasteiger partial charge in [0.15, 0.2) is 11.6 Å². The summed E-state index contributed by atoms with van der Waals surface area (Å²) in [5.74, 6) is -2.23. The zero-order chi connectivity index (χ0) is 18.8. The molecule has 3 nitrogen and oxygen atoms in total. The number of halogens is 2. The molecule has 0 unspecified atom stereocenters. The topological polar surface area (TPSA) is 48.0 Å². The van der Waals surface area contributed by atoms with Gasteiger partial charge in [-0.15, -0.1) is 11.3 Å². The molecule has 0 spiro atoms. The summed E-state index contributed by atoms with van der Waals surface area (Å²) in [6.45, 7) is 4.26. The normalized spacial score (nSPS) is 11.1. The number of amides is 1. The van der Waals surface area contributed by atoms with Crippen molar-refractivity contribution in [2.75, 3.05) is 0 Å². The Morgan fingerprint density at radius 2 is 2.00 bits per heavy atom. The number of nitrogens with two attached hydrogens (primary N) is 1. The molecule has 0 aliphatic heterocycles. The first kappa shape index (κ1) is 18.3. The second kappa shape index (κ2) is 7.41. The van der Waals surface area contributed by atoms with E-state index in [0.29, 0.717) is 17.7 Å². The highest BCUT2D eigenvalue weighted by Crippen LogP contribution is 2.36. The zero-order valence-corrected chi connectivity index (χ0v) is 15.5. The summed E-state index contributed by atoms with van der Waals surface area (Å²) >= 11 is 1.55. The minimum atomic E-state index is -0.877. The minimum Gasteiger partial charge on any atom is -0.366 e. The van der Waals surface area contributed by atoms with Crippen LogP contribution in [0.25, 0.3) is 10.4 Å². The quantitative estimate of drug-likeness (QED) is 0.655. The monoisotopic (exact) mass is 374 g/mol. The highest BCUT2D eigenvalue weighted by molar-refractivity contribution is 7.13. The average molecular weight is 374 g/mol. The molecular weight excluding hydrogens is 354 g/mol. The molecule has 3 aromatic rings. The number of carbonyl (C=O) groups is 1. The van der Waals surface area contributed by atoms with Crippen molar-refractivity contribution in [2.24, 2.45) is 5.73 Å². The van der Waals surface area contributed by atoms with Crippen LogP contribution < -0.4 is 5.73 Å². The third-order valence-corrected chi connectivity index (χ3v) is 5.34. The lowest BCUT2D eigenvalue weighted by Crippen LogP contribution is -2.13. The van der Waals surface area contributed by atoms with E-state index in [1.165, 1.54) is 6.07 Å². The first-order valence-corrected chi connectivity index (χ1v) is 9.31. The Hall–Kier alpha value is -2.47. The summed E-state index contributed by atoms with van der Waals surface area (Å²) in [7, 11) is 0. The van der Waals surface area contributed by atoms with Gasteiger partial charge in [-0.05, 0) is 42.5 Å². The van der Waals surface area contributed by atoms with Crippen LogP contribution in [0.3, 0.4) is 0 Å². The van der Waals surface area contributed by atoms with Gasteiger partial charge in [-0.2, -0.15) is 0 Å². The molecule has 6 heteroatoms. The van der Waals surface area contributed by atoms with Crippen molar-refractivity contribution >= 4 is 17.2 Å². The van der Waals surface area contributed by atoms with E-state index in [0.717, 1.165) is 40.7 Å². The van der Waals surface area contributed by atoms with E-state index in [4.69, 9.17) is 5.73 Å². The highest BCUT2D eigenvalue weighted by atomic mass is 32.1. The van der Waals surface area contributed by atoms with E-state index in [1.807, 2.05) is 29.0 Å². The minimum absolute atomic E-state index is 0.351. The van der Waals surface area contributed by atoms with Crippen LogP contribution in [-0.2, 0) is 13.0 Å². The van der Waals surface area contributed by atoms with E-state index >= 15 is 0 Å². The maximum atomic E-state index is 13.6. The van der Waals surface area contributed by atoms with Crippen molar-refractivity contribution in [3.05, 3.63) is 69.9 Å². The van der Waals surface area contributed by atoms with Gasteiger partial charge >= 0.3 is 0 Å². The lowest BCUT2D eigenvalue weighted by molar-refractivity contribution is 0.1000. The molecule has 0 radical (unpaired) electrons. The molecule has 1 aromatic carbocycles. The number of benzene rings is 1. The highest BCUT2D eigenvalue weighted by Gasteiger charge is 2.25. The number of primary amides is 1. The number of thiophene rings is 1. The lowest BCUT2D eigenvalue weighted by Gasteiger charge is -2.13. The van der Waals surface area contributed by atoms with Crippen LogP contribution in [0.1, 0.15) is 40.7 Å². The molecule has 0 atom stereocenters. The van der Waals surface area contributed by atoms with Crippen molar-refractivity contribution < 1.29 is 13.6 Å². The molecule has 0 saturated carbocycles. The molecule has 3 rings (SSSR count).